The summed E-state index contributed by atoms with van der Waals surface area (Å²) in [6.45, 7) is 5.17. The molecule has 0 spiro atoms. The maximum atomic E-state index is 12.0. The van der Waals surface area contributed by atoms with Crippen LogP contribution in [0.5, 0.6) is 0 Å². The number of rotatable bonds is 8. The smallest absolute Gasteiger partial charge is 0.347 e. The Morgan fingerprint density at radius 1 is 1.62 bits per heavy atom. The van der Waals surface area contributed by atoms with Crippen LogP contribution in [-0.4, -0.2) is 47.5 Å². The van der Waals surface area contributed by atoms with Gasteiger partial charge in [-0.3, -0.25) is 9.89 Å². The maximum absolute atomic E-state index is 12.0. The Bertz CT molecular complexity index is 545. The lowest BCUT2D eigenvalue weighted by Crippen LogP contribution is -2.32. The van der Waals surface area contributed by atoms with Gasteiger partial charge in [-0.25, -0.2) is 4.79 Å². The summed E-state index contributed by atoms with van der Waals surface area (Å²) in [6, 6.07) is 1.55. The first-order valence-electron chi connectivity index (χ1n) is 6.16. The summed E-state index contributed by atoms with van der Waals surface area (Å²) in [7, 11) is 0. The standard InChI is InChI=1S/C13H16N4O4/c1-3-5-7-14-13(19)12(10-6-8-15-16-10)17-21-9-11(18)20-4-2/h5-6,8H,1,4,7,9H2,2H3,(H,14,19)(H,15,16). The van der Waals surface area contributed by atoms with E-state index in [4.69, 9.17) is 4.84 Å². The van der Waals surface area contributed by atoms with Gasteiger partial charge in [-0.1, -0.05) is 11.7 Å². The number of hydrogen-bond acceptors (Lipinski definition) is 6. The van der Waals surface area contributed by atoms with Crippen molar-refractivity contribution >= 4 is 17.6 Å². The molecule has 0 aromatic carbocycles. The summed E-state index contributed by atoms with van der Waals surface area (Å²) in [5.74, 6) is -1.06. The lowest BCUT2D eigenvalue weighted by atomic mass is 10.2. The fourth-order valence-electron chi connectivity index (χ4n) is 1.25. The minimum atomic E-state index is -0.569. The third-order valence-electron chi connectivity index (χ3n) is 2.12. The SMILES string of the molecule is C=C=CCNC(=O)C(=NOCC(=O)OCC)c1ccn[nH]1. The number of oxime groups is 1. The van der Waals surface area contributed by atoms with Gasteiger partial charge in [0.25, 0.3) is 5.91 Å². The summed E-state index contributed by atoms with van der Waals surface area (Å²) < 4.78 is 4.68. The molecule has 1 rings (SSSR count). The Hall–Kier alpha value is -2.86. The Kier molecular flexibility index (Phi) is 7.02. The lowest BCUT2D eigenvalue weighted by Gasteiger charge is -2.05. The fraction of sp³-hybridized carbons (Fsp3) is 0.308. The zero-order valence-electron chi connectivity index (χ0n) is 11.6. The highest BCUT2D eigenvalue weighted by atomic mass is 16.7. The molecular weight excluding hydrogens is 276 g/mol. The number of esters is 1. The Morgan fingerprint density at radius 2 is 2.43 bits per heavy atom. The average Bonchev–Trinajstić information content (AvgIpc) is 2.98. The molecule has 0 aliphatic rings. The lowest BCUT2D eigenvalue weighted by molar-refractivity contribution is -0.148. The molecule has 0 aliphatic heterocycles. The minimum absolute atomic E-state index is 0.0331. The van der Waals surface area contributed by atoms with Crippen LogP contribution in [0.4, 0.5) is 0 Å². The molecule has 21 heavy (non-hydrogen) atoms. The number of ether oxygens (including phenoxy) is 1. The van der Waals surface area contributed by atoms with Gasteiger partial charge in [-0.05, 0) is 19.1 Å². The van der Waals surface area contributed by atoms with Crippen LogP contribution in [0, 0.1) is 0 Å². The zero-order chi connectivity index (χ0) is 15.5. The van der Waals surface area contributed by atoms with Gasteiger partial charge in [-0.2, -0.15) is 5.10 Å². The highest BCUT2D eigenvalue weighted by Gasteiger charge is 2.16. The van der Waals surface area contributed by atoms with E-state index in [1.807, 2.05) is 0 Å². The van der Waals surface area contributed by atoms with Crippen molar-refractivity contribution in [3.05, 3.63) is 36.3 Å². The number of aromatic nitrogens is 2. The van der Waals surface area contributed by atoms with E-state index in [1.165, 1.54) is 6.20 Å². The van der Waals surface area contributed by atoms with E-state index in [2.05, 4.69) is 37.7 Å². The highest BCUT2D eigenvalue weighted by Crippen LogP contribution is 1.98. The molecule has 0 aliphatic carbocycles. The zero-order valence-corrected chi connectivity index (χ0v) is 11.6. The van der Waals surface area contributed by atoms with E-state index >= 15 is 0 Å². The third-order valence-corrected chi connectivity index (χ3v) is 2.12. The van der Waals surface area contributed by atoms with Crippen molar-refractivity contribution in [3.8, 4) is 0 Å². The minimum Gasteiger partial charge on any atom is -0.463 e. The second-order valence-corrected chi connectivity index (χ2v) is 3.61. The van der Waals surface area contributed by atoms with Crippen LogP contribution in [-0.2, 0) is 19.2 Å². The summed E-state index contributed by atoms with van der Waals surface area (Å²) in [5.41, 5.74) is 2.85. The molecule has 0 atom stereocenters. The van der Waals surface area contributed by atoms with Gasteiger partial charge < -0.3 is 14.9 Å². The van der Waals surface area contributed by atoms with Gasteiger partial charge >= 0.3 is 5.97 Å². The van der Waals surface area contributed by atoms with Gasteiger partial charge in [0, 0.05) is 12.7 Å². The Labute approximate surface area is 121 Å². The van der Waals surface area contributed by atoms with Crippen LogP contribution < -0.4 is 5.32 Å². The molecule has 8 heteroatoms. The third kappa shape index (κ3) is 5.75. The van der Waals surface area contributed by atoms with Gasteiger partial charge in [0.2, 0.25) is 6.61 Å². The van der Waals surface area contributed by atoms with Crippen molar-refractivity contribution < 1.29 is 19.2 Å². The average molecular weight is 292 g/mol. The number of amides is 1. The Balaban J connectivity index is 2.71. The van der Waals surface area contributed by atoms with E-state index in [0.717, 1.165) is 0 Å². The van der Waals surface area contributed by atoms with Crippen molar-refractivity contribution in [1.82, 2.24) is 15.5 Å². The van der Waals surface area contributed by atoms with E-state index < -0.39 is 11.9 Å². The summed E-state index contributed by atoms with van der Waals surface area (Å²) in [6.07, 6.45) is 3.01. The molecule has 112 valence electrons. The number of nitrogens with zero attached hydrogens (tertiary/aromatic N) is 2. The van der Waals surface area contributed by atoms with Gasteiger partial charge in [0.05, 0.1) is 12.3 Å². The molecule has 0 saturated heterocycles. The van der Waals surface area contributed by atoms with Gasteiger partial charge in [0.1, 0.15) is 0 Å². The van der Waals surface area contributed by atoms with Crippen LogP contribution in [0.2, 0.25) is 0 Å². The number of nitrogens with one attached hydrogen (secondary N) is 2. The molecule has 1 amide bonds. The van der Waals surface area contributed by atoms with Crippen molar-refractivity contribution in [1.29, 1.82) is 0 Å². The molecular formula is C13H16N4O4. The second kappa shape index (κ2) is 9.11. The molecule has 8 nitrogen and oxygen atoms in total. The number of aromatic amines is 1. The normalized spacial score (nSPS) is 10.4. The molecule has 0 unspecified atom stereocenters. The number of carbonyl (C=O) groups excluding carboxylic acids is 2. The predicted octanol–water partition coefficient (Wildman–Crippen LogP) is 0.151. The molecule has 1 heterocycles. The first-order valence-corrected chi connectivity index (χ1v) is 6.16. The Morgan fingerprint density at radius 3 is 3.05 bits per heavy atom. The van der Waals surface area contributed by atoms with Gasteiger partial charge in [-0.15, -0.1) is 5.73 Å². The van der Waals surface area contributed by atoms with Crippen LogP contribution in [0.1, 0.15) is 12.6 Å². The summed E-state index contributed by atoms with van der Waals surface area (Å²) in [4.78, 5) is 27.9. The predicted molar refractivity (Wildman–Crippen MR) is 74.4 cm³/mol. The molecule has 0 saturated carbocycles. The second-order valence-electron chi connectivity index (χ2n) is 3.61. The topological polar surface area (TPSA) is 106 Å². The highest BCUT2D eigenvalue weighted by molar-refractivity contribution is 6.44. The number of hydrogen-bond donors (Lipinski definition) is 2. The van der Waals surface area contributed by atoms with Crippen molar-refractivity contribution in [3.63, 3.8) is 0 Å². The molecule has 1 aromatic heterocycles. The van der Waals surface area contributed by atoms with Crippen LogP contribution >= 0.6 is 0 Å². The first-order chi connectivity index (χ1) is 10.2. The van der Waals surface area contributed by atoms with E-state index in [9.17, 15) is 9.59 Å². The molecule has 0 bridgehead atoms. The summed E-state index contributed by atoms with van der Waals surface area (Å²) in [5, 5.41) is 12.5. The number of carbonyl (C=O) groups is 2. The molecule has 1 aromatic rings. The summed E-state index contributed by atoms with van der Waals surface area (Å²) >= 11 is 0. The van der Waals surface area contributed by atoms with Gasteiger partial charge in [0.15, 0.2) is 5.71 Å². The molecule has 0 radical (unpaired) electrons. The van der Waals surface area contributed by atoms with Crippen LogP contribution in [0.15, 0.2) is 35.8 Å². The first kappa shape index (κ1) is 16.2. The largest absolute Gasteiger partial charge is 0.463 e. The maximum Gasteiger partial charge on any atom is 0.347 e. The van der Waals surface area contributed by atoms with Crippen molar-refractivity contribution in [2.75, 3.05) is 19.8 Å². The van der Waals surface area contributed by atoms with Crippen LogP contribution in [0.25, 0.3) is 0 Å². The quantitative estimate of drug-likeness (QED) is 0.307. The van der Waals surface area contributed by atoms with E-state index in [1.54, 1.807) is 19.1 Å². The monoisotopic (exact) mass is 292 g/mol. The fourth-order valence-corrected chi connectivity index (χ4v) is 1.25. The number of H-pyrrole nitrogens is 1. The van der Waals surface area contributed by atoms with Crippen molar-refractivity contribution in [2.24, 2.45) is 5.16 Å². The van der Waals surface area contributed by atoms with Crippen molar-refractivity contribution in [2.45, 2.75) is 6.92 Å². The van der Waals surface area contributed by atoms with Crippen LogP contribution in [0.3, 0.4) is 0 Å². The molecule has 0 fully saturated rings. The molecule has 2 N–H and O–H groups in total. The van der Waals surface area contributed by atoms with E-state index in [-0.39, 0.29) is 25.5 Å². The van der Waals surface area contributed by atoms with E-state index in [0.29, 0.717) is 5.69 Å².